The summed E-state index contributed by atoms with van der Waals surface area (Å²) in [6.45, 7) is 11.6. The number of hydrogen-bond donors (Lipinski definition) is 0. The molecule has 0 N–H and O–H groups in total. The Kier molecular flexibility index (Phi) is 3.35. The molecule has 1 aromatic carbocycles. The van der Waals surface area contributed by atoms with Crippen LogP contribution in [0.15, 0.2) is 23.5 Å². The summed E-state index contributed by atoms with van der Waals surface area (Å²) in [5.41, 5.74) is 8.08. The van der Waals surface area contributed by atoms with Crippen molar-refractivity contribution in [2.75, 3.05) is 35.7 Å². The molecular formula is C17H27BN4. The van der Waals surface area contributed by atoms with Gasteiger partial charge in [-0.05, 0) is 66.3 Å². The number of anilines is 3. The van der Waals surface area contributed by atoms with Gasteiger partial charge in [-0.2, -0.15) is 0 Å². The molecule has 0 radical (unpaired) electrons. The summed E-state index contributed by atoms with van der Waals surface area (Å²) in [5.74, 6) is 0. The Bertz CT molecular complexity index is 654. The van der Waals surface area contributed by atoms with Gasteiger partial charge in [0.15, 0.2) is 0 Å². The molecule has 2 aliphatic rings. The van der Waals surface area contributed by atoms with E-state index < -0.39 is 0 Å². The van der Waals surface area contributed by atoms with Crippen molar-refractivity contribution in [3.63, 3.8) is 0 Å². The summed E-state index contributed by atoms with van der Waals surface area (Å²) in [6.07, 6.45) is 0.360. The second-order valence-corrected chi connectivity index (χ2v) is 6.71. The van der Waals surface area contributed by atoms with Gasteiger partial charge >= 0.3 is 6.98 Å². The van der Waals surface area contributed by atoms with Crippen molar-refractivity contribution in [3.05, 3.63) is 29.1 Å². The van der Waals surface area contributed by atoms with Gasteiger partial charge in [-0.15, -0.1) is 0 Å². The topological polar surface area (TPSA) is 13.0 Å². The molecule has 0 unspecified atom stereocenters. The molecule has 22 heavy (non-hydrogen) atoms. The Morgan fingerprint density at radius 2 is 1.50 bits per heavy atom. The maximum Gasteiger partial charge on any atom is 0.371 e. The minimum Gasteiger partial charge on any atom is -0.397 e. The van der Waals surface area contributed by atoms with E-state index in [2.05, 4.69) is 87.2 Å². The average molecular weight is 298 g/mol. The summed E-state index contributed by atoms with van der Waals surface area (Å²) >= 11 is 0. The predicted octanol–water partition coefficient (Wildman–Crippen LogP) is 3.35. The normalized spacial score (nSPS) is 21.5. The Morgan fingerprint density at radius 3 is 2.05 bits per heavy atom. The maximum atomic E-state index is 2.46. The van der Waals surface area contributed by atoms with Crippen LogP contribution in [0.25, 0.3) is 0 Å². The lowest BCUT2D eigenvalue weighted by molar-refractivity contribution is 0.357. The molecule has 118 valence electrons. The monoisotopic (exact) mass is 298 g/mol. The van der Waals surface area contributed by atoms with Gasteiger partial charge in [-0.25, -0.2) is 0 Å². The molecule has 0 saturated heterocycles. The lowest BCUT2D eigenvalue weighted by Crippen LogP contribution is -2.41. The van der Waals surface area contributed by atoms with E-state index in [0.717, 1.165) is 0 Å². The molecule has 2 heterocycles. The Hall–Kier alpha value is -1.78. The van der Waals surface area contributed by atoms with Gasteiger partial charge in [-0.3, -0.25) is 0 Å². The third kappa shape index (κ3) is 1.77. The molecule has 0 amide bonds. The minimum absolute atomic E-state index is 0.360. The van der Waals surface area contributed by atoms with Gasteiger partial charge < -0.3 is 19.4 Å². The van der Waals surface area contributed by atoms with Crippen LogP contribution in [0.4, 0.5) is 17.1 Å². The fraction of sp³-hybridized carbons (Fsp3) is 0.529. The summed E-state index contributed by atoms with van der Waals surface area (Å²) in [6, 6.07) is 4.55. The number of allylic oxidation sites excluding steroid dienone is 2. The SMILES string of the molecule is CB1N(C)c2ccc(N3C(C)=C(C)N(C)[C@H]3C)c(C)c2N1C. The summed E-state index contributed by atoms with van der Waals surface area (Å²) < 4.78 is 0. The van der Waals surface area contributed by atoms with Gasteiger partial charge in [0.05, 0.1) is 5.69 Å². The van der Waals surface area contributed by atoms with Crippen molar-refractivity contribution < 1.29 is 0 Å². The number of fused-ring (bicyclic) bond motifs is 1. The highest BCUT2D eigenvalue weighted by molar-refractivity contribution is 6.68. The van der Waals surface area contributed by atoms with Crippen LogP contribution in [0.5, 0.6) is 0 Å². The first-order chi connectivity index (χ1) is 10.3. The highest BCUT2D eigenvalue weighted by Gasteiger charge is 2.36. The Morgan fingerprint density at radius 1 is 0.909 bits per heavy atom. The van der Waals surface area contributed by atoms with Crippen LogP contribution in [0.2, 0.25) is 6.82 Å². The zero-order chi connectivity index (χ0) is 16.3. The van der Waals surface area contributed by atoms with Gasteiger partial charge in [0.1, 0.15) is 6.17 Å². The summed E-state index contributed by atoms with van der Waals surface area (Å²) in [4.78, 5) is 9.53. The highest BCUT2D eigenvalue weighted by Crippen LogP contribution is 2.45. The summed E-state index contributed by atoms with van der Waals surface area (Å²) in [7, 11) is 6.54. The van der Waals surface area contributed by atoms with Crippen molar-refractivity contribution in [2.45, 2.75) is 40.7 Å². The predicted molar refractivity (Wildman–Crippen MR) is 97.7 cm³/mol. The summed E-state index contributed by atoms with van der Waals surface area (Å²) in [5, 5.41) is 0. The van der Waals surface area contributed by atoms with Gasteiger partial charge in [0.2, 0.25) is 0 Å². The molecule has 0 saturated carbocycles. The Balaban J connectivity index is 2.13. The van der Waals surface area contributed by atoms with Gasteiger partial charge in [0.25, 0.3) is 0 Å². The van der Waals surface area contributed by atoms with Crippen molar-refractivity contribution in [3.8, 4) is 0 Å². The van der Waals surface area contributed by atoms with E-state index in [-0.39, 0.29) is 0 Å². The molecule has 0 spiro atoms. The first kappa shape index (κ1) is 15.1. The van der Waals surface area contributed by atoms with E-state index in [9.17, 15) is 0 Å². The van der Waals surface area contributed by atoms with Crippen LogP contribution in [-0.4, -0.2) is 39.2 Å². The molecule has 0 fully saturated rings. The standard InChI is InChI=1S/C17H27BN4/c1-11-15(22-13(3)12(2)19(6)14(22)4)9-10-16-17(11)21(8)18(5)20(16)7/h9-10,14H,1-8H3/t14-/m1/s1. The lowest BCUT2D eigenvalue weighted by atomic mass is 9.78. The van der Waals surface area contributed by atoms with E-state index in [1.54, 1.807) is 0 Å². The zero-order valence-electron chi connectivity index (χ0n) is 15.1. The molecule has 3 rings (SSSR count). The van der Waals surface area contributed by atoms with Crippen LogP contribution < -0.4 is 14.5 Å². The highest BCUT2D eigenvalue weighted by atomic mass is 15.4. The van der Waals surface area contributed by atoms with Gasteiger partial charge in [0, 0.05) is 29.8 Å². The van der Waals surface area contributed by atoms with Gasteiger partial charge in [-0.1, -0.05) is 0 Å². The fourth-order valence-electron chi connectivity index (χ4n) is 3.86. The number of hydrogen-bond acceptors (Lipinski definition) is 4. The van der Waals surface area contributed by atoms with E-state index in [0.29, 0.717) is 13.1 Å². The smallest absolute Gasteiger partial charge is 0.371 e. The molecule has 1 aromatic rings. The second-order valence-electron chi connectivity index (χ2n) is 6.71. The minimum atomic E-state index is 0.360. The van der Waals surface area contributed by atoms with E-state index >= 15 is 0 Å². The van der Waals surface area contributed by atoms with E-state index in [4.69, 9.17) is 0 Å². The van der Waals surface area contributed by atoms with Crippen LogP contribution in [0.1, 0.15) is 26.3 Å². The number of benzene rings is 1. The van der Waals surface area contributed by atoms with Crippen LogP contribution in [-0.2, 0) is 0 Å². The van der Waals surface area contributed by atoms with Crippen molar-refractivity contribution >= 4 is 24.0 Å². The largest absolute Gasteiger partial charge is 0.397 e. The first-order valence-corrected chi connectivity index (χ1v) is 8.06. The maximum absolute atomic E-state index is 2.46. The van der Waals surface area contributed by atoms with E-state index in [1.165, 1.54) is 34.0 Å². The third-order valence-corrected chi connectivity index (χ3v) is 5.84. The molecule has 5 heteroatoms. The average Bonchev–Trinajstić information content (AvgIpc) is 2.82. The van der Waals surface area contributed by atoms with E-state index in [1.807, 2.05) is 0 Å². The molecule has 1 atom stereocenters. The van der Waals surface area contributed by atoms with Crippen LogP contribution >= 0.6 is 0 Å². The number of rotatable bonds is 1. The number of nitrogens with zero attached hydrogens (tertiary/aromatic N) is 4. The first-order valence-electron chi connectivity index (χ1n) is 8.06. The molecule has 0 bridgehead atoms. The van der Waals surface area contributed by atoms with Crippen molar-refractivity contribution in [1.29, 1.82) is 0 Å². The molecule has 0 aromatic heterocycles. The van der Waals surface area contributed by atoms with Crippen LogP contribution in [0.3, 0.4) is 0 Å². The Labute approximate surface area is 135 Å². The second kappa shape index (κ2) is 4.87. The molecule has 4 nitrogen and oxygen atoms in total. The molecule has 0 aliphatic carbocycles. The fourth-order valence-corrected chi connectivity index (χ4v) is 3.86. The quantitative estimate of drug-likeness (QED) is 0.737. The third-order valence-electron chi connectivity index (χ3n) is 5.84. The van der Waals surface area contributed by atoms with Crippen molar-refractivity contribution in [1.82, 2.24) is 4.90 Å². The van der Waals surface area contributed by atoms with Crippen LogP contribution in [0, 0.1) is 6.92 Å². The van der Waals surface area contributed by atoms with Crippen molar-refractivity contribution in [2.24, 2.45) is 0 Å². The molecule has 2 aliphatic heterocycles. The molecular weight excluding hydrogens is 271 g/mol. The zero-order valence-corrected chi connectivity index (χ0v) is 15.1. The lowest BCUT2D eigenvalue weighted by Gasteiger charge is -2.31.